The van der Waals surface area contributed by atoms with Crippen molar-refractivity contribution in [1.82, 2.24) is 14.3 Å². The molecular formula is C17H16N4OS. The molecule has 6 heteroatoms. The molecule has 1 aromatic carbocycles. The van der Waals surface area contributed by atoms with Gasteiger partial charge in [0, 0.05) is 13.2 Å². The molecule has 0 bridgehead atoms. The number of fused-ring (bicyclic) bond motifs is 1. The lowest BCUT2D eigenvalue weighted by atomic mass is 10.2. The highest BCUT2D eigenvalue weighted by atomic mass is 32.1. The van der Waals surface area contributed by atoms with Gasteiger partial charge in [-0.05, 0) is 30.2 Å². The van der Waals surface area contributed by atoms with E-state index in [0.29, 0.717) is 17.0 Å². The van der Waals surface area contributed by atoms with Crippen LogP contribution < -0.4 is 4.80 Å². The summed E-state index contributed by atoms with van der Waals surface area (Å²) >= 11 is 1.47. The van der Waals surface area contributed by atoms with Crippen LogP contribution >= 0.6 is 11.3 Å². The molecule has 0 atom stereocenters. The normalized spacial score (nSPS) is 11.8. The molecule has 0 aliphatic rings. The lowest BCUT2D eigenvalue weighted by Gasteiger charge is -2.00. The van der Waals surface area contributed by atoms with E-state index >= 15 is 0 Å². The highest BCUT2D eigenvalue weighted by Gasteiger charge is 2.11. The summed E-state index contributed by atoms with van der Waals surface area (Å²) in [4.78, 5) is 17.1. The third kappa shape index (κ3) is 2.96. The van der Waals surface area contributed by atoms with Gasteiger partial charge in [-0.15, -0.1) is 6.42 Å². The van der Waals surface area contributed by atoms with Gasteiger partial charge in [0.25, 0.3) is 5.91 Å². The van der Waals surface area contributed by atoms with Crippen LogP contribution in [0.4, 0.5) is 0 Å². The van der Waals surface area contributed by atoms with E-state index < -0.39 is 0 Å². The van der Waals surface area contributed by atoms with Crippen LogP contribution in [-0.4, -0.2) is 20.3 Å². The summed E-state index contributed by atoms with van der Waals surface area (Å²) < 4.78 is 4.55. The van der Waals surface area contributed by atoms with Crippen LogP contribution in [0.5, 0.6) is 0 Å². The monoisotopic (exact) mass is 324 g/mol. The van der Waals surface area contributed by atoms with Crippen molar-refractivity contribution in [2.24, 2.45) is 12.0 Å². The van der Waals surface area contributed by atoms with Gasteiger partial charge in [0.2, 0.25) is 0 Å². The first-order valence-electron chi connectivity index (χ1n) is 7.26. The number of benzene rings is 1. The van der Waals surface area contributed by atoms with E-state index in [0.717, 1.165) is 16.6 Å². The molecule has 2 aromatic heterocycles. The number of amides is 1. The zero-order chi connectivity index (χ0) is 16.4. The number of thiazole rings is 1. The first-order valence-corrected chi connectivity index (χ1v) is 8.08. The number of terminal acetylenes is 1. The lowest BCUT2D eigenvalue weighted by molar-refractivity contribution is 0.0992. The molecular weight excluding hydrogens is 308 g/mol. The minimum atomic E-state index is -0.362. The molecule has 0 spiro atoms. The standard InChI is InChI=1S/C17H16N4OS/c1-4-9-21-14-7-6-12(5-2)11-15(14)23-17(21)18-16(22)13-8-10-20(3)19-13/h1,6-8,10-11H,5,9H2,2-3H3. The van der Waals surface area contributed by atoms with Crippen molar-refractivity contribution < 1.29 is 4.79 Å². The zero-order valence-electron chi connectivity index (χ0n) is 13.0. The number of nitrogens with zero attached hydrogens (tertiary/aromatic N) is 4. The molecule has 0 saturated heterocycles. The van der Waals surface area contributed by atoms with E-state index in [1.54, 1.807) is 24.0 Å². The fourth-order valence-electron chi connectivity index (χ4n) is 2.34. The molecule has 0 aliphatic carbocycles. The summed E-state index contributed by atoms with van der Waals surface area (Å²) in [7, 11) is 1.76. The Hall–Kier alpha value is -2.65. The average Bonchev–Trinajstić information content (AvgIpc) is 3.11. The van der Waals surface area contributed by atoms with E-state index in [1.165, 1.54) is 16.9 Å². The molecule has 23 heavy (non-hydrogen) atoms. The molecule has 0 fully saturated rings. The van der Waals surface area contributed by atoms with E-state index in [9.17, 15) is 4.79 Å². The molecule has 1 amide bonds. The third-order valence-corrected chi connectivity index (χ3v) is 4.58. The Morgan fingerprint density at radius 1 is 1.43 bits per heavy atom. The number of aryl methyl sites for hydroxylation is 2. The Morgan fingerprint density at radius 3 is 2.91 bits per heavy atom. The molecule has 5 nitrogen and oxygen atoms in total. The maximum absolute atomic E-state index is 12.3. The maximum atomic E-state index is 12.3. The first-order chi connectivity index (χ1) is 11.1. The maximum Gasteiger partial charge on any atom is 0.300 e. The van der Waals surface area contributed by atoms with Crippen molar-refractivity contribution in [1.29, 1.82) is 0 Å². The summed E-state index contributed by atoms with van der Waals surface area (Å²) in [6, 6.07) is 7.88. The Morgan fingerprint density at radius 2 is 2.26 bits per heavy atom. The molecule has 0 N–H and O–H groups in total. The van der Waals surface area contributed by atoms with Crippen LogP contribution in [0, 0.1) is 12.3 Å². The van der Waals surface area contributed by atoms with Crippen LogP contribution in [-0.2, 0) is 20.0 Å². The van der Waals surface area contributed by atoms with Gasteiger partial charge in [-0.2, -0.15) is 10.1 Å². The van der Waals surface area contributed by atoms with Gasteiger partial charge in [-0.25, -0.2) is 0 Å². The molecule has 0 radical (unpaired) electrons. The van der Waals surface area contributed by atoms with Crippen molar-refractivity contribution in [3.05, 3.63) is 46.5 Å². The molecule has 2 heterocycles. The SMILES string of the molecule is C#CCn1c(=NC(=O)c2ccn(C)n2)sc2cc(CC)ccc21. The molecule has 3 rings (SSSR count). The smallest absolute Gasteiger partial charge is 0.300 e. The number of carbonyl (C=O) groups excluding carboxylic acids is 1. The molecule has 3 aromatic rings. The van der Waals surface area contributed by atoms with Crippen molar-refractivity contribution >= 4 is 27.5 Å². The van der Waals surface area contributed by atoms with E-state index in [-0.39, 0.29) is 5.91 Å². The molecule has 116 valence electrons. The Labute approximate surface area is 137 Å². The summed E-state index contributed by atoms with van der Waals surface area (Å²) in [5.74, 6) is 2.26. The van der Waals surface area contributed by atoms with Crippen molar-refractivity contribution in [2.75, 3.05) is 0 Å². The van der Waals surface area contributed by atoms with E-state index in [4.69, 9.17) is 6.42 Å². The first kappa shape index (κ1) is 15.3. The van der Waals surface area contributed by atoms with Gasteiger partial charge < -0.3 is 4.57 Å². The summed E-state index contributed by atoms with van der Waals surface area (Å²) in [6.45, 7) is 2.49. The van der Waals surface area contributed by atoms with Crippen molar-refractivity contribution in [3.63, 3.8) is 0 Å². The topological polar surface area (TPSA) is 52.2 Å². The Balaban J connectivity index is 2.15. The van der Waals surface area contributed by atoms with Gasteiger partial charge in [-0.3, -0.25) is 9.48 Å². The number of hydrogen-bond donors (Lipinski definition) is 0. The fourth-order valence-corrected chi connectivity index (χ4v) is 3.43. The lowest BCUT2D eigenvalue weighted by Crippen LogP contribution is -2.16. The van der Waals surface area contributed by atoms with Gasteiger partial charge >= 0.3 is 0 Å². The van der Waals surface area contributed by atoms with E-state index in [1.807, 2.05) is 10.6 Å². The van der Waals surface area contributed by atoms with Crippen molar-refractivity contribution in [2.45, 2.75) is 19.9 Å². The predicted octanol–water partition coefficient (Wildman–Crippen LogP) is 2.37. The second-order valence-corrected chi connectivity index (χ2v) is 6.13. The number of aromatic nitrogens is 3. The van der Waals surface area contributed by atoms with Crippen LogP contribution in [0.1, 0.15) is 23.0 Å². The summed E-state index contributed by atoms with van der Waals surface area (Å²) in [6.07, 6.45) is 8.15. The van der Waals surface area contributed by atoms with Crippen LogP contribution in [0.15, 0.2) is 35.5 Å². The highest BCUT2D eigenvalue weighted by Crippen LogP contribution is 2.19. The second kappa shape index (κ2) is 6.23. The minimum Gasteiger partial charge on any atom is -0.305 e. The van der Waals surface area contributed by atoms with Gasteiger partial charge in [0.05, 0.1) is 16.8 Å². The minimum absolute atomic E-state index is 0.325. The summed E-state index contributed by atoms with van der Waals surface area (Å²) in [5.41, 5.74) is 2.57. The number of hydrogen-bond acceptors (Lipinski definition) is 3. The quantitative estimate of drug-likeness (QED) is 0.695. The predicted molar refractivity (Wildman–Crippen MR) is 91.1 cm³/mol. The van der Waals surface area contributed by atoms with Gasteiger partial charge in [-0.1, -0.05) is 30.2 Å². The third-order valence-electron chi connectivity index (χ3n) is 3.53. The fraction of sp³-hybridized carbons (Fsp3) is 0.235. The largest absolute Gasteiger partial charge is 0.305 e. The average molecular weight is 324 g/mol. The molecule has 0 unspecified atom stereocenters. The molecule has 0 saturated carbocycles. The number of rotatable bonds is 3. The zero-order valence-corrected chi connectivity index (χ0v) is 13.8. The Kier molecular flexibility index (Phi) is 4.13. The second-order valence-electron chi connectivity index (χ2n) is 5.12. The molecule has 0 aliphatic heterocycles. The van der Waals surface area contributed by atoms with Crippen molar-refractivity contribution in [3.8, 4) is 12.3 Å². The van der Waals surface area contributed by atoms with Gasteiger partial charge in [0.15, 0.2) is 10.5 Å². The van der Waals surface area contributed by atoms with Gasteiger partial charge in [0.1, 0.15) is 0 Å². The van der Waals surface area contributed by atoms with E-state index in [2.05, 4.69) is 35.1 Å². The van der Waals surface area contributed by atoms with Crippen LogP contribution in [0.2, 0.25) is 0 Å². The summed E-state index contributed by atoms with van der Waals surface area (Å²) in [5, 5.41) is 4.09. The van der Waals surface area contributed by atoms with Crippen LogP contribution in [0.25, 0.3) is 10.2 Å². The van der Waals surface area contributed by atoms with Crippen LogP contribution in [0.3, 0.4) is 0 Å². The number of carbonyl (C=O) groups is 1. The highest BCUT2D eigenvalue weighted by molar-refractivity contribution is 7.16. The Bertz CT molecular complexity index is 984.